The number of thioether (sulfide) groups is 1. The van der Waals surface area contributed by atoms with Gasteiger partial charge >= 0.3 is 13.2 Å². The number of aryl methyl sites for hydroxylation is 1. The molecule has 150 valence electrons. The number of rotatable bonds is 5. The van der Waals surface area contributed by atoms with Gasteiger partial charge in [-0.1, -0.05) is 11.6 Å². The Morgan fingerprint density at radius 3 is 2.30 bits per heavy atom. The Balaban J connectivity index is 1.88. The Labute approximate surface area is 168 Å². The van der Waals surface area contributed by atoms with Gasteiger partial charge in [-0.05, 0) is 73.0 Å². The minimum atomic E-state index is -0.475. The van der Waals surface area contributed by atoms with E-state index in [1.165, 1.54) is 0 Å². The molecule has 0 radical (unpaired) electrons. The maximum atomic E-state index is 11.7. The molecule has 0 spiro atoms. The molecule has 0 aliphatic carbocycles. The van der Waals surface area contributed by atoms with Crippen LogP contribution in [0.5, 0.6) is 0 Å². The molecule has 7 heteroatoms. The SMILES string of the molecule is Cc1cc(SCCNC(=O)OC(C)(C)C)ccc1B1OC(C)(C)C(C)(C)O1. The van der Waals surface area contributed by atoms with E-state index in [2.05, 4.69) is 58.1 Å². The largest absolute Gasteiger partial charge is 0.495 e. The number of carbonyl (C=O) groups is 1. The van der Waals surface area contributed by atoms with Crippen LogP contribution in [0.15, 0.2) is 23.1 Å². The van der Waals surface area contributed by atoms with Crippen molar-refractivity contribution in [3.05, 3.63) is 23.8 Å². The van der Waals surface area contributed by atoms with E-state index in [0.717, 1.165) is 21.7 Å². The third-order valence-corrected chi connectivity index (χ3v) is 5.78. The first-order chi connectivity index (χ1) is 12.3. The van der Waals surface area contributed by atoms with Crippen LogP contribution in [0.4, 0.5) is 4.79 Å². The maximum Gasteiger partial charge on any atom is 0.495 e. The van der Waals surface area contributed by atoms with E-state index in [4.69, 9.17) is 14.0 Å². The van der Waals surface area contributed by atoms with Crippen molar-refractivity contribution in [3.8, 4) is 0 Å². The van der Waals surface area contributed by atoms with Gasteiger partial charge in [0.05, 0.1) is 11.2 Å². The summed E-state index contributed by atoms with van der Waals surface area (Å²) in [6.07, 6.45) is -0.379. The molecule has 2 rings (SSSR count). The Kier molecular flexibility index (Phi) is 6.60. The number of hydrogen-bond donors (Lipinski definition) is 1. The minimum Gasteiger partial charge on any atom is -0.444 e. The molecule has 0 atom stereocenters. The predicted octanol–water partition coefficient (Wildman–Crippen LogP) is 3.91. The Morgan fingerprint density at radius 2 is 1.78 bits per heavy atom. The van der Waals surface area contributed by atoms with Gasteiger partial charge in [0.1, 0.15) is 5.60 Å². The maximum absolute atomic E-state index is 11.7. The minimum absolute atomic E-state index is 0.342. The van der Waals surface area contributed by atoms with Crippen LogP contribution in [-0.2, 0) is 14.0 Å². The van der Waals surface area contributed by atoms with Crippen LogP contribution in [0.25, 0.3) is 0 Å². The fraction of sp³-hybridized carbons (Fsp3) is 0.650. The lowest BCUT2D eigenvalue weighted by Crippen LogP contribution is -2.41. The van der Waals surface area contributed by atoms with Crippen molar-refractivity contribution in [2.45, 2.75) is 77.1 Å². The standard InChI is InChI=1S/C20H32BNO4S/c1-14-13-15(27-12-11-22-17(23)24-18(2,3)4)9-10-16(14)21-25-19(5,6)20(7,8)26-21/h9-10,13H,11-12H2,1-8H3,(H,22,23). The lowest BCUT2D eigenvalue weighted by atomic mass is 9.76. The topological polar surface area (TPSA) is 56.8 Å². The van der Waals surface area contributed by atoms with Crippen LogP contribution < -0.4 is 10.8 Å². The van der Waals surface area contributed by atoms with E-state index in [1.54, 1.807) is 11.8 Å². The zero-order valence-electron chi connectivity index (χ0n) is 17.8. The second kappa shape index (κ2) is 8.06. The van der Waals surface area contributed by atoms with Crippen molar-refractivity contribution in [3.63, 3.8) is 0 Å². The monoisotopic (exact) mass is 393 g/mol. The van der Waals surface area contributed by atoms with E-state index in [1.807, 2.05) is 20.8 Å². The molecule has 1 aliphatic rings. The third kappa shape index (κ3) is 5.90. The average Bonchev–Trinajstić information content (AvgIpc) is 2.70. The molecule has 1 aromatic carbocycles. The summed E-state index contributed by atoms with van der Waals surface area (Å²) in [7, 11) is -0.345. The summed E-state index contributed by atoms with van der Waals surface area (Å²) in [6.45, 7) is 16.4. The van der Waals surface area contributed by atoms with E-state index in [0.29, 0.717) is 6.54 Å². The third-order valence-electron chi connectivity index (χ3n) is 4.79. The Bertz CT molecular complexity index is 669. The molecular weight excluding hydrogens is 361 g/mol. The number of ether oxygens (including phenoxy) is 1. The van der Waals surface area contributed by atoms with Crippen molar-refractivity contribution in [1.29, 1.82) is 0 Å². The van der Waals surface area contributed by atoms with Crippen LogP contribution in [-0.4, -0.2) is 42.3 Å². The Morgan fingerprint density at radius 1 is 1.19 bits per heavy atom. The summed E-state index contributed by atoms with van der Waals surface area (Å²) in [6, 6.07) is 6.28. The van der Waals surface area contributed by atoms with Crippen molar-refractivity contribution in [2.24, 2.45) is 0 Å². The number of carbonyl (C=O) groups excluding carboxylic acids is 1. The average molecular weight is 393 g/mol. The van der Waals surface area contributed by atoms with Gasteiger partial charge < -0.3 is 19.4 Å². The lowest BCUT2D eigenvalue weighted by molar-refractivity contribution is 0.00578. The second-order valence-corrected chi connectivity index (χ2v) is 10.1. The Hall–Kier alpha value is -1.18. The van der Waals surface area contributed by atoms with Gasteiger partial charge in [0, 0.05) is 17.2 Å². The number of hydrogen-bond acceptors (Lipinski definition) is 5. The van der Waals surface area contributed by atoms with E-state index < -0.39 is 5.60 Å². The van der Waals surface area contributed by atoms with Crippen LogP contribution in [0.3, 0.4) is 0 Å². The number of nitrogens with one attached hydrogen (secondary N) is 1. The van der Waals surface area contributed by atoms with Gasteiger partial charge in [0.25, 0.3) is 0 Å². The van der Waals surface area contributed by atoms with Crippen LogP contribution in [0.1, 0.15) is 54.0 Å². The summed E-state index contributed by atoms with van der Waals surface area (Å²) in [5.74, 6) is 0.772. The number of alkyl carbamates (subject to hydrolysis) is 1. The molecule has 0 unspecified atom stereocenters. The highest BCUT2D eigenvalue weighted by Gasteiger charge is 2.52. The molecule has 1 heterocycles. The highest BCUT2D eigenvalue weighted by Crippen LogP contribution is 2.36. The van der Waals surface area contributed by atoms with Gasteiger partial charge in [0.15, 0.2) is 0 Å². The molecule has 0 saturated carbocycles. The molecule has 1 saturated heterocycles. The molecule has 1 aliphatic heterocycles. The summed E-state index contributed by atoms with van der Waals surface area (Å²) in [5, 5.41) is 2.78. The lowest BCUT2D eigenvalue weighted by Gasteiger charge is -2.32. The summed E-state index contributed by atoms with van der Waals surface area (Å²) >= 11 is 1.69. The quantitative estimate of drug-likeness (QED) is 0.467. The first-order valence-electron chi connectivity index (χ1n) is 9.37. The van der Waals surface area contributed by atoms with Crippen LogP contribution in [0.2, 0.25) is 0 Å². The highest BCUT2D eigenvalue weighted by atomic mass is 32.2. The fourth-order valence-corrected chi connectivity index (χ4v) is 3.47. The normalized spacial score (nSPS) is 18.4. The predicted molar refractivity (Wildman–Crippen MR) is 112 cm³/mol. The first-order valence-corrected chi connectivity index (χ1v) is 10.4. The molecular formula is C20H32BNO4S. The molecule has 1 N–H and O–H groups in total. The molecule has 5 nitrogen and oxygen atoms in total. The molecule has 1 fully saturated rings. The number of benzene rings is 1. The molecule has 0 bridgehead atoms. The van der Waals surface area contributed by atoms with Gasteiger partial charge in [-0.15, -0.1) is 11.8 Å². The molecule has 27 heavy (non-hydrogen) atoms. The summed E-state index contributed by atoms with van der Waals surface area (Å²) in [5.41, 5.74) is 1.04. The van der Waals surface area contributed by atoms with Gasteiger partial charge in [-0.3, -0.25) is 0 Å². The van der Waals surface area contributed by atoms with Crippen LogP contribution >= 0.6 is 11.8 Å². The first kappa shape index (κ1) is 22.1. The van der Waals surface area contributed by atoms with E-state index in [9.17, 15) is 4.79 Å². The molecule has 0 aromatic heterocycles. The molecule has 1 amide bonds. The van der Waals surface area contributed by atoms with Crippen molar-refractivity contribution in [1.82, 2.24) is 5.32 Å². The fourth-order valence-electron chi connectivity index (χ4n) is 2.61. The van der Waals surface area contributed by atoms with Gasteiger partial charge in [-0.2, -0.15) is 0 Å². The van der Waals surface area contributed by atoms with Gasteiger partial charge in [-0.25, -0.2) is 4.79 Å². The highest BCUT2D eigenvalue weighted by molar-refractivity contribution is 7.99. The van der Waals surface area contributed by atoms with Crippen molar-refractivity contribution < 1.29 is 18.8 Å². The smallest absolute Gasteiger partial charge is 0.444 e. The summed E-state index contributed by atoms with van der Waals surface area (Å²) in [4.78, 5) is 12.8. The van der Waals surface area contributed by atoms with Crippen molar-refractivity contribution >= 4 is 30.4 Å². The van der Waals surface area contributed by atoms with Gasteiger partial charge in [0.2, 0.25) is 0 Å². The second-order valence-electron chi connectivity index (χ2n) is 8.88. The molecule has 1 aromatic rings. The summed E-state index contributed by atoms with van der Waals surface area (Å²) < 4.78 is 17.5. The zero-order chi connectivity index (χ0) is 20.5. The van der Waals surface area contributed by atoms with Crippen LogP contribution in [0, 0.1) is 6.92 Å². The van der Waals surface area contributed by atoms with Crippen molar-refractivity contribution in [2.75, 3.05) is 12.3 Å². The van der Waals surface area contributed by atoms with E-state index in [-0.39, 0.29) is 24.4 Å². The number of amides is 1. The zero-order valence-corrected chi connectivity index (χ0v) is 18.6. The van der Waals surface area contributed by atoms with E-state index >= 15 is 0 Å².